The molecule has 130 valence electrons. The summed E-state index contributed by atoms with van der Waals surface area (Å²) in [6, 6.07) is 11.4. The molecule has 1 saturated carbocycles. The van der Waals surface area contributed by atoms with Crippen LogP contribution in [0.3, 0.4) is 0 Å². The van der Waals surface area contributed by atoms with Crippen LogP contribution in [0.25, 0.3) is 16.9 Å². The van der Waals surface area contributed by atoms with Gasteiger partial charge in [0.25, 0.3) is 0 Å². The minimum Gasteiger partial charge on any atom is -0.473 e. The van der Waals surface area contributed by atoms with E-state index in [-0.39, 0.29) is 18.8 Å². The number of hydrogen-bond acceptors (Lipinski definition) is 5. The maximum Gasteiger partial charge on any atom is 0.232 e. The fraction of sp³-hybridized carbons (Fsp3) is 0.368. The summed E-state index contributed by atoms with van der Waals surface area (Å²) in [6.07, 6.45) is 4.91. The van der Waals surface area contributed by atoms with E-state index in [9.17, 15) is 10.2 Å². The monoisotopic (exact) mass is 339 g/mol. The molecule has 2 N–H and O–H groups in total. The van der Waals surface area contributed by atoms with Crippen molar-refractivity contribution in [2.75, 3.05) is 0 Å². The van der Waals surface area contributed by atoms with E-state index in [0.29, 0.717) is 5.88 Å². The summed E-state index contributed by atoms with van der Waals surface area (Å²) >= 11 is 0. The molecule has 1 fully saturated rings. The number of imidazole rings is 1. The van der Waals surface area contributed by atoms with E-state index < -0.39 is 0 Å². The summed E-state index contributed by atoms with van der Waals surface area (Å²) in [4.78, 5) is 4.40. The van der Waals surface area contributed by atoms with E-state index in [2.05, 4.69) is 10.1 Å². The van der Waals surface area contributed by atoms with Gasteiger partial charge in [-0.3, -0.25) is 0 Å². The average Bonchev–Trinajstić information content (AvgIpc) is 3.07. The van der Waals surface area contributed by atoms with Gasteiger partial charge in [0.15, 0.2) is 5.65 Å². The highest BCUT2D eigenvalue weighted by molar-refractivity contribution is 5.63. The highest BCUT2D eigenvalue weighted by Gasteiger charge is 2.21. The van der Waals surface area contributed by atoms with Crippen LogP contribution < -0.4 is 4.74 Å². The van der Waals surface area contributed by atoms with Gasteiger partial charge in [0.05, 0.1) is 24.6 Å². The van der Waals surface area contributed by atoms with Crippen LogP contribution in [0.2, 0.25) is 0 Å². The van der Waals surface area contributed by atoms with Gasteiger partial charge in [-0.2, -0.15) is 0 Å². The zero-order valence-corrected chi connectivity index (χ0v) is 13.9. The smallest absolute Gasteiger partial charge is 0.232 e. The van der Waals surface area contributed by atoms with Crippen LogP contribution in [0.15, 0.2) is 42.6 Å². The largest absolute Gasteiger partial charge is 0.473 e. The first-order valence-corrected chi connectivity index (χ1v) is 8.62. The standard InChI is InChI=1S/C19H21N3O3/c23-12-13-2-1-3-14(10-13)17-11-20-18-8-9-19(21-22(17)18)25-16-6-4-15(24)5-7-16/h1-3,8-11,15-16,23-24H,4-7,12H2. The lowest BCUT2D eigenvalue weighted by Crippen LogP contribution is -2.26. The van der Waals surface area contributed by atoms with Gasteiger partial charge in [-0.25, -0.2) is 9.50 Å². The number of rotatable bonds is 4. The van der Waals surface area contributed by atoms with Crippen LogP contribution in [-0.2, 0) is 6.61 Å². The van der Waals surface area contributed by atoms with Crippen molar-refractivity contribution in [1.82, 2.24) is 14.6 Å². The Labute approximate surface area is 145 Å². The summed E-state index contributed by atoms with van der Waals surface area (Å²) in [5.41, 5.74) is 3.40. The fourth-order valence-electron chi connectivity index (χ4n) is 3.28. The Kier molecular flexibility index (Phi) is 4.38. The molecule has 0 amide bonds. The van der Waals surface area contributed by atoms with Crippen LogP contribution in [0, 0.1) is 0 Å². The molecular formula is C19H21N3O3. The van der Waals surface area contributed by atoms with E-state index in [1.165, 1.54) is 0 Å². The molecule has 1 aromatic carbocycles. The zero-order valence-electron chi connectivity index (χ0n) is 13.9. The second-order valence-electron chi connectivity index (χ2n) is 6.49. The van der Waals surface area contributed by atoms with Gasteiger partial charge < -0.3 is 14.9 Å². The predicted octanol–water partition coefficient (Wildman–Crippen LogP) is 2.57. The lowest BCUT2D eigenvalue weighted by molar-refractivity contribution is 0.0637. The first kappa shape index (κ1) is 16.1. The molecular weight excluding hydrogens is 318 g/mol. The Bertz CT molecular complexity index is 869. The topological polar surface area (TPSA) is 79.9 Å². The number of fused-ring (bicyclic) bond motifs is 1. The van der Waals surface area contributed by atoms with Crippen molar-refractivity contribution in [2.45, 2.75) is 44.5 Å². The highest BCUT2D eigenvalue weighted by atomic mass is 16.5. The van der Waals surface area contributed by atoms with Gasteiger partial charge in [-0.15, -0.1) is 5.10 Å². The van der Waals surface area contributed by atoms with Crippen molar-refractivity contribution in [3.63, 3.8) is 0 Å². The van der Waals surface area contributed by atoms with E-state index in [4.69, 9.17) is 4.74 Å². The Hall–Kier alpha value is -2.44. The maximum atomic E-state index is 9.61. The molecule has 3 aromatic rings. The molecule has 2 heterocycles. The van der Waals surface area contributed by atoms with Crippen molar-refractivity contribution < 1.29 is 14.9 Å². The van der Waals surface area contributed by atoms with Crippen molar-refractivity contribution in [1.29, 1.82) is 0 Å². The second-order valence-corrected chi connectivity index (χ2v) is 6.49. The number of aromatic nitrogens is 3. The van der Waals surface area contributed by atoms with E-state index in [1.807, 2.05) is 36.4 Å². The number of aliphatic hydroxyl groups excluding tert-OH is 2. The Morgan fingerprint density at radius 1 is 1.12 bits per heavy atom. The molecule has 25 heavy (non-hydrogen) atoms. The molecule has 0 radical (unpaired) electrons. The SMILES string of the molecule is OCc1cccc(-c2cnc3ccc(OC4CCC(O)CC4)nn23)c1. The van der Waals surface area contributed by atoms with Gasteiger partial charge in [-0.1, -0.05) is 18.2 Å². The van der Waals surface area contributed by atoms with Crippen molar-refractivity contribution in [3.8, 4) is 17.1 Å². The number of aliphatic hydroxyl groups is 2. The van der Waals surface area contributed by atoms with Crippen LogP contribution in [0.5, 0.6) is 5.88 Å². The molecule has 2 aromatic heterocycles. The zero-order chi connectivity index (χ0) is 17.2. The molecule has 4 rings (SSSR count). The Balaban J connectivity index is 1.63. The normalized spacial score (nSPS) is 20.7. The summed E-state index contributed by atoms with van der Waals surface area (Å²) < 4.78 is 7.77. The maximum absolute atomic E-state index is 9.61. The molecule has 6 nitrogen and oxygen atoms in total. The number of hydrogen-bond donors (Lipinski definition) is 2. The van der Waals surface area contributed by atoms with Crippen molar-refractivity contribution >= 4 is 5.65 Å². The summed E-state index contributed by atoms with van der Waals surface area (Å²) in [5, 5.41) is 23.5. The number of nitrogens with zero attached hydrogens (tertiary/aromatic N) is 3. The highest BCUT2D eigenvalue weighted by Crippen LogP contribution is 2.25. The molecule has 0 spiro atoms. The van der Waals surface area contributed by atoms with Gasteiger partial charge in [0, 0.05) is 11.6 Å². The van der Waals surface area contributed by atoms with Crippen molar-refractivity contribution in [2.24, 2.45) is 0 Å². The Morgan fingerprint density at radius 3 is 2.76 bits per heavy atom. The molecule has 1 aliphatic carbocycles. The molecule has 0 unspecified atom stereocenters. The third-order valence-corrected chi connectivity index (χ3v) is 4.67. The quantitative estimate of drug-likeness (QED) is 0.764. The van der Waals surface area contributed by atoms with Gasteiger partial charge in [0.1, 0.15) is 6.10 Å². The van der Waals surface area contributed by atoms with Crippen LogP contribution in [-0.4, -0.2) is 37.0 Å². The van der Waals surface area contributed by atoms with Crippen molar-refractivity contribution in [3.05, 3.63) is 48.2 Å². The van der Waals surface area contributed by atoms with Crippen LogP contribution in [0.4, 0.5) is 0 Å². The summed E-state index contributed by atoms with van der Waals surface area (Å²) in [7, 11) is 0. The van der Waals surface area contributed by atoms with Crippen LogP contribution >= 0.6 is 0 Å². The molecule has 1 aliphatic rings. The second kappa shape index (κ2) is 6.82. The first-order chi connectivity index (χ1) is 12.2. The van der Waals surface area contributed by atoms with E-state index >= 15 is 0 Å². The Morgan fingerprint density at radius 2 is 1.96 bits per heavy atom. The minimum atomic E-state index is -0.200. The fourth-order valence-corrected chi connectivity index (χ4v) is 3.28. The summed E-state index contributed by atoms with van der Waals surface area (Å²) in [6.45, 7) is -0.000102. The third kappa shape index (κ3) is 3.36. The molecule has 0 bridgehead atoms. The summed E-state index contributed by atoms with van der Waals surface area (Å²) in [5.74, 6) is 0.562. The third-order valence-electron chi connectivity index (χ3n) is 4.67. The lowest BCUT2D eigenvalue weighted by atomic mass is 9.95. The number of benzene rings is 1. The molecule has 0 atom stereocenters. The average molecular weight is 339 g/mol. The predicted molar refractivity (Wildman–Crippen MR) is 93.2 cm³/mol. The minimum absolute atomic E-state index is 0.000102. The van der Waals surface area contributed by atoms with Gasteiger partial charge >= 0.3 is 0 Å². The van der Waals surface area contributed by atoms with E-state index in [1.54, 1.807) is 10.7 Å². The van der Waals surface area contributed by atoms with E-state index in [0.717, 1.165) is 48.2 Å². The lowest BCUT2D eigenvalue weighted by Gasteiger charge is -2.25. The number of ether oxygens (including phenoxy) is 1. The molecule has 0 aliphatic heterocycles. The first-order valence-electron chi connectivity index (χ1n) is 8.62. The molecule has 0 saturated heterocycles. The van der Waals surface area contributed by atoms with Crippen LogP contribution in [0.1, 0.15) is 31.2 Å². The van der Waals surface area contributed by atoms with Gasteiger partial charge in [-0.05, 0) is 43.4 Å². The molecule has 6 heteroatoms. The van der Waals surface area contributed by atoms with Gasteiger partial charge in [0.2, 0.25) is 5.88 Å².